The number of nitrogens with zero attached hydrogens (tertiary/aromatic N) is 1. The van der Waals surface area contributed by atoms with Gasteiger partial charge in [0, 0.05) is 0 Å². The number of amides is 1. The van der Waals surface area contributed by atoms with Crippen molar-refractivity contribution >= 4 is 17.9 Å². The molecular formula is C13H11F4N3O3. The second kappa shape index (κ2) is 5.78. The SMILES string of the molecule is COc1c(F)ccc2c1C=C(C(=O)N=C(N)N)C(C(F)(F)F)O2. The Bertz CT molecular complexity index is 709. The molecule has 124 valence electrons. The minimum Gasteiger partial charge on any atom is -0.493 e. The summed E-state index contributed by atoms with van der Waals surface area (Å²) in [4.78, 5) is 14.9. The molecule has 6 nitrogen and oxygen atoms in total. The zero-order valence-electron chi connectivity index (χ0n) is 11.6. The van der Waals surface area contributed by atoms with Gasteiger partial charge in [0.2, 0.25) is 6.10 Å². The fourth-order valence-electron chi connectivity index (χ4n) is 2.02. The van der Waals surface area contributed by atoms with E-state index in [0.29, 0.717) is 0 Å². The fraction of sp³-hybridized carbons (Fsp3) is 0.231. The summed E-state index contributed by atoms with van der Waals surface area (Å²) in [6.07, 6.45) is -6.69. The van der Waals surface area contributed by atoms with Gasteiger partial charge >= 0.3 is 6.18 Å². The fourth-order valence-corrected chi connectivity index (χ4v) is 2.02. The molecule has 1 aromatic carbocycles. The number of benzene rings is 1. The van der Waals surface area contributed by atoms with Gasteiger partial charge in [-0.15, -0.1) is 0 Å². The molecule has 0 fully saturated rings. The van der Waals surface area contributed by atoms with E-state index >= 15 is 0 Å². The van der Waals surface area contributed by atoms with Crippen molar-refractivity contribution in [2.75, 3.05) is 7.11 Å². The molecule has 1 unspecified atom stereocenters. The molecule has 0 radical (unpaired) electrons. The highest BCUT2D eigenvalue weighted by molar-refractivity contribution is 6.06. The number of hydrogen-bond donors (Lipinski definition) is 2. The van der Waals surface area contributed by atoms with Crippen LogP contribution in [0.25, 0.3) is 6.08 Å². The maximum atomic E-state index is 13.7. The lowest BCUT2D eigenvalue weighted by Gasteiger charge is -2.28. The zero-order valence-corrected chi connectivity index (χ0v) is 11.6. The van der Waals surface area contributed by atoms with Crippen LogP contribution in [0.5, 0.6) is 11.5 Å². The topological polar surface area (TPSA) is 99.9 Å². The maximum absolute atomic E-state index is 13.7. The van der Waals surface area contributed by atoms with Crippen LogP contribution < -0.4 is 20.9 Å². The predicted molar refractivity (Wildman–Crippen MR) is 72.2 cm³/mol. The Morgan fingerprint density at radius 3 is 2.52 bits per heavy atom. The molecule has 2 rings (SSSR count). The highest BCUT2D eigenvalue weighted by atomic mass is 19.4. The zero-order chi connectivity index (χ0) is 17.4. The summed E-state index contributed by atoms with van der Waals surface area (Å²) in [5.41, 5.74) is 8.97. The highest BCUT2D eigenvalue weighted by Gasteiger charge is 2.48. The molecule has 1 aliphatic rings. The van der Waals surface area contributed by atoms with Gasteiger partial charge in [-0.2, -0.15) is 18.2 Å². The van der Waals surface area contributed by atoms with Crippen molar-refractivity contribution in [1.29, 1.82) is 0 Å². The van der Waals surface area contributed by atoms with Crippen molar-refractivity contribution in [3.63, 3.8) is 0 Å². The van der Waals surface area contributed by atoms with E-state index in [1.165, 1.54) is 0 Å². The van der Waals surface area contributed by atoms with Gasteiger partial charge in [-0.05, 0) is 18.2 Å². The van der Waals surface area contributed by atoms with Crippen LogP contribution >= 0.6 is 0 Å². The minimum atomic E-state index is -4.90. The summed E-state index contributed by atoms with van der Waals surface area (Å²) in [7, 11) is 1.12. The highest BCUT2D eigenvalue weighted by Crippen LogP contribution is 2.42. The molecule has 1 heterocycles. The molecule has 1 aromatic rings. The Balaban J connectivity index is 2.65. The summed E-state index contributed by atoms with van der Waals surface area (Å²) >= 11 is 0. The summed E-state index contributed by atoms with van der Waals surface area (Å²) in [5.74, 6) is -3.53. The molecule has 1 atom stereocenters. The molecule has 0 spiro atoms. The third-order valence-corrected chi connectivity index (χ3v) is 2.91. The third-order valence-electron chi connectivity index (χ3n) is 2.91. The molecule has 1 amide bonds. The number of aliphatic imine (C=N–C) groups is 1. The van der Waals surface area contributed by atoms with Gasteiger partial charge in [0.25, 0.3) is 5.91 Å². The number of hydrogen-bond acceptors (Lipinski definition) is 3. The van der Waals surface area contributed by atoms with E-state index in [1.807, 2.05) is 0 Å². The van der Waals surface area contributed by atoms with Crippen LogP contribution in [0.1, 0.15) is 5.56 Å². The molecule has 1 aliphatic heterocycles. The number of fused-ring (bicyclic) bond motifs is 1. The second-order valence-corrected chi connectivity index (χ2v) is 4.47. The lowest BCUT2D eigenvalue weighted by Crippen LogP contribution is -2.40. The Labute approximate surface area is 127 Å². The van der Waals surface area contributed by atoms with Gasteiger partial charge in [-0.1, -0.05) is 0 Å². The maximum Gasteiger partial charge on any atom is 0.429 e. The van der Waals surface area contributed by atoms with Gasteiger partial charge in [0.1, 0.15) is 5.75 Å². The largest absolute Gasteiger partial charge is 0.493 e. The van der Waals surface area contributed by atoms with Gasteiger partial charge in [0.15, 0.2) is 17.5 Å². The Kier molecular flexibility index (Phi) is 4.17. The van der Waals surface area contributed by atoms with E-state index in [4.69, 9.17) is 20.9 Å². The van der Waals surface area contributed by atoms with Crippen LogP contribution in [0, 0.1) is 5.82 Å². The molecule has 0 aromatic heterocycles. The molecule has 10 heteroatoms. The van der Waals surface area contributed by atoms with Crippen LogP contribution in [-0.2, 0) is 4.79 Å². The number of methoxy groups -OCH3 is 1. The number of carbonyl (C=O) groups excluding carboxylic acids is 1. The molecule has 0 aliphatic carbocycles. The van der Waals surface area contributed by atoms with E-state index in [-0.39, 0.29) is 17.1 Å². The van der Waals surface area contributed by atoms with Crippen LogP contribution in [0.3, 0.4) is 0 Å². The van der Waals surface area contributed by atoms with E-state index in [2.05, 4.69) is 4.99 Å². The number of alkyl halides is 3. The number of carbonyl (C=O) groups is 1. The Hall–Kier alpha value is -2.78. The standard InChI is InChI=1S/C13H11F4N3O3/c1-22-9-5-4-6(11(21)20-12(18)19)10(13(15,16)17)23-8(5)3-2-7(9)14/h2-4,10H,1H3,(H4,18,19,20,21). The molecular weight excluding hydrogens is 322 g/mol. The molecule has 23 heavy (non-hydrogen) atoms. The van der Waals surface area contributed by atoms with E-state index in [0.717, 1.165) is 25.3 Å². The number of guanidine groups is 1. The average Bonchev–Trinajstić information content (AvgIpc) is 2.44. The van der Waals surface area contributed by atoms with Gasteiger partial charge in [0.05, 0.1) is 18.2 Å². The molecule has 0 saturated carbocycles. The first-order valence-corrected chi connectivity index (χ1v) is 6.10. The summed E-state index contributed by atoms with van der Waals surface area (Å²) in [6, 6.07) is 1.89. The van der Waals surface area contributed by atoms with Crippen molar-refractivity contribution in [2.45, 2.75) is 12.3 Å². The van der Waals surface area contributed by atoms with Crippen molar-refractivity contribution in [1.82, 2.24) is 0 Å². The van der Waals surface area contributed by atoms with Crippen molar-refractivity contribution in [2.24, 2.45) is 16.5 Å². The van der Waals surface area contributed by atoms with Gasteiger partial charge in [-0.3, -0.25) is 4.79 Å². The quantitative estimate of drug-likeness (QED) is 0.483. The van der Waals surface area contributed by atoms with Gasteiger partial charge < -0.3 is 20.9 Å². The van der Waals surface area contributed by atoms with Crippen LogP contribution in [0.2, 0.25) is 0 Å². The number of halogens is 4. The lowest BCUT2D eigenvalue weighted by atomic mass is 9.99. The van der Waals surface area contributed by atoms with Crippen LogP contribution in [0.4, 0.5) is 17.6 Å². The summed E-state index contributed by atoms with van der Waals surface area (Å²) < 4.78 is 62.6. The number of nitrogens with two attached hydrogens (primary N) is 2. The Morgan fingerprint density at radius 2 is 2.00 bits per heavy atom. The van der Waals surface area contributed by atoms with Crippen molar-refractivity contribution < 1.29 is 31.8 Å². The Morgan fingerprint density at radius 1 is 1.35 bits per heavy atom. The van der Waals surface area contributed by atoms with Crippen LogP contribution in [0.15, 0.2) is 22.7 Å². The molecule has 4 N–H and O–H groups in total. The minimum absolute atomic E-state index is 0.151. The predicted octanol–water partition coefficient (Wildman–Crippen LogP) is 1.34. The van der Waals surface area contributed by atoms with Crippen LogP contribution in [-0.4, -0.2) is 31.3 Å². The second-order valence-electron chi connectivity index (χ2n) is 4.47. The van der Waals surface area contributed by atoms with E-state index in [9.17, 15) is 22.4 Å². The first kappa shape index (κ1) is 16.6. The van der Waals surface area contributed by atoms with Gasteiger partial charge in [-0.25, -0.2) is 4.39 Å². The first-order chi connectivity index (χ1) is 10.6. The first-order valence-electron chi connectivity index (χ1n) is 6.10. The summed E-state index contributed by atoms with van der Waals surface area (Å²) in [6.45, 7) is 0. The summed E-state index contributed by atoms with van der Waals surface area (Å²) in [5, 5.41) is 0. The smallest absolute Gasteiger partial charge is 0.429 e. The molecule has 0 saturated heterocycles. The lowest BCUT2D eigenvalue weighted by molar-refractivity contribution is -0.185. The molecule has 0 bridgehead atoms. The van der Waals surface area contributed by atoms with Crippen molar-refractivity contribution in [3.8, 4) is 11.5 Å². The monoisotopic (exact) mass is 333 g/mol. The van der Waals surface area contributed by atoms with E-state index < -0.39 is 35.5 Å². The number of ether oxygens (including phenoxy) is 2. The number of rotatable bonds is 2. The average molecular weight is 333 g/mol. The van der Waals surface area contributed by atoms with Crippen molar-refractivity contribution in [3.05, 3.63) is 29.1 Å². The van der Waals surface area contributed by atoms with E-state index in [1.54, 1.807) is 0 Å². The normalized spacial score (nSPS) is 16.7. The third kappa shape index (κ3) is 3.20.